The average molecular weight is 330 g/mol. The summed E-state index contributed by atoms with van der Waals surface area (Å²) in [5.74, 6) is 0.888. The van der Waals surface area contributed by atoms with E-state index in [1.165, 1.54) is 0 Å². The summed E-state index contributed by atoms with van der Waals surface area (Å²) in [4.78, 5) is 12.9. The van der Waals surface area contributed by atoms with E-state index < -0.39 is 0 Å². The third kappa shape index (κ3) is 4.93. The second-order valence-corrected chi connectivity index (χ2v) is 6.34. The van der Waals surface area contributed by atoms with Crippen molar-refractivity contribution >= 4 is 23.5 Å². The Hall–Kier alpha value is -2.14. The summed E-state index contributed by atoms with van der Waals surface area (Å²) in [6, 6.07) is 9.86. The number of para-hydroxylation sites is 1. The van der Waals surface area contributed by atoms with Crippen LogP contribution in [0.3, 0.4) is 0 Å². The van der Waals surface area contributed by atoms with E-state index in [0.29, 0.717) is 5.92 Å². The van der Waals surface area contributed by atoms with Crippen molar-refractivity contribution in [3.05, 3.63) is 51.7 Å². The number of ether oxygens (including phenoxy) is 1. The van der Waals surface area contributed by atoms with Crippen LogP contribution >= 0.6 is 11.3 Å². The van der Waals surface area contributed by atoms with E-state index in [1.807, 2.05) is 42.6 Å². The van der Waals surface area contributed by atoms with Gasteiger partial charge in [-0.25, -0.2) is 5.43 Å². The van der Waals surface area contributed by atoms with Crippen LogP contribution in [0, 0.1) is 6.92 Å². The largest absolute Gasteiger partial charge is 0.483 e. The molecule has 0 spiro atoms. The van der Waals surface area contributed by atoms with E-state index in [4.69, 9.17) is 4.74 Å². The minimum absolute atomic E-state index is 0.0474. The molecule has 122 valence electrons. The highest BCUT2D eigenvalue weighted by Gasteiger charge is 2.10. The molecule has 0 radical (unpaired) electrons. The van der Waals surface area contributed by atoms with Crippen molar-refractivity contribution < 1.29 is 9.53 Å². The van der Waals surface area contributed by atoms with Gasteiger partial charge in [0.25, 0.3) is 5.91 Å². The van der Waals surface area contributed by atoms with Gasteiger partial charge in [-0.05, 0) is 47.9 Å². The predicted octanol–water partition coefficient (Wildman–Crippen LogP) is 4.10. The van der Waals surface area contributed by atoms with E-state index in [2.05, 4.69) is 24.4 Å². The minimum Gasteiger partial charge on any atom is -0.483 e. The molecule has 0 bridgehead atoms. The van der Waals surface area contributed by atoms with Crippen molar-refractivity contribution in [3.8, 4) is 5.75 Å². The smallest absolute Gasteiger partial charge is 0.277 e. The topological polar surface area (TPSA) is 50.7 Å². The van der Waals surface area contributed by atoms with Crippen LogP contribution in [0.5, 0.6) is 5.75 Å². The number of hydrogen-bond acceptors (Lipinski definition) is 4. The molecule has 5 heteroatoms. The van der Waals surface area contributed by atoms with Crippen LogP contribution in [-0.2, 0) is 4.79 Å². The zero-order valence-electron chi connectivity index (χ0n) is 13.7. The van der Waals surface area contributed by atoms with Gasteiger partial charge in [-0.3, -0.25) is 4.79 Å². The summed E-state index contributed by atoms with van der Waals surface area (Å²) in [5, 5.41) is 5.96. The molecule has 1 unspecified atom stereocenters. The molecule has 0 saturated carbocycles. The first-order valence-corrected chi connectivity index (χ1v) is 8.57. The third-order valence-corrected chi connectivity index (χ3v) is 4.65. The monoisotopic (exact) mass is 330 g/mol. The Morgan fingerprint density at radius 1 is 1.39 bits per heavy atom. The summed E-state index contributed by atoms with van der Waals surface area (Å²) in [6.07, 6.45) is 2.68. The first-order chi connectivity index (χ1) is 11.1. The lowest BCUT2D eigenvalue weighted by molar-refractivity contribution is -0.123. The predicted molar refractivity (Wildman–Crippen MR) is 95.4 cm³/mol. The summed E-state index contributed by atoms with van der Waals surface area (Å²) in [7, 11) is 0. The zero-order chi connectivity index (χ0) is 16.7. The van der Waals surface area contributed by atoms with Crippen molar-refractivity contribution in [3.63, 3.8) is 0 Å². The molecule has 0 aliphatic heterocycles. The molecule has 0 aliphatic rings. The zero-order valence-corrected chi connectivity index (χ0v) is 14.5. The molecule has 1 atom stereocenters. The fourth-order valence-electron chi connectivity index (χ4n) is 2.09. The number of carbonyl (C=O) groups excluding carboxylic acids is 1. The van der Waals surface area contributed by atoms with Gasteiger partial charge in [0.05, 0.1) is 6.21 Å². The van der Waals surface area contributed by atoms with Crippen molar-refractivity contribution in [1.29, 1.82) is 0 Å². The van der Waals surface area contributed by atoms with Gasteiger partial charge < -0.3 is 4.74 Å². The normalized spacial score (nSPS) is 12.3. The van der Waals surface area contributed by atoms with Crippen LogP contribution in [0.15, 0.2) is 40.8 Å². The molecule has 2 rings (SSSR count). The van der Waals surface area contributed by atoms with Gasteiger partial charge in [-0.2, -0.15) is 5.10 Å². The van der Waals surface area contributed by atoms with E-state index in [1.54, 1.807) is 17.6 Å². The Bertz CT molecular complexity index is 679. The molecular formula is C18H22N2O2S. The Labute approximate surface area is 141 Å². The number of benzene rings is 1. The van der Waals surface area contributed by atoms with Gasteiger partial charge in [-0.1, -0.05) is 32.0 Å². The first kappa shape index (κ1) is 17.2. The maximum absolute atomic E-state index is 11.8. The molecular weight excluding hydrogens is 308 g/mol. The van der Waals surface area contributed by atoms with Crippen molar-refractivity contribution in [2.24, 2.45) is 5.10 Å². The highest BCUT2D eigenvalue weighted by molar-refractivity contribution is 7.11. The number of hydrazone groups is 1. The van der Waals surface area contributed by atoms with E-state index in [-0.39, 0.29) is 12.5 Å². The van der Waals surface area contributed by atoms with E-state index in [0.717, 1.165) is 28.2 Å². The van der Waals surface area contributed by atoms with Crippen molar-refractivity contribution in [2.45, 2.75) is 33.1 Å². The molecule has 1 aromatic heterocycles. The lowest BCUT2D eigenvalue weighted by Crippen LogP contribution is -2.24. The number of hydrogen-bond donors (Lipinski definition) is 1. The maximum atomic E-state index is 11.8. The molecule has 1 heterocycles. The Kier molecular flexibility index (Phi) is 6.35. The summed E-state index contributed by atoms with van der Waals surface area (Å²) in [6.45, 7) is 6.24. The van der Waals surface area contributed by atoms with Gasteiger partial charge in [0.1, 0.15) is 5.75 Å². The van der Waals surface area contributed by atoms with Gasteiger partial charge in [0, 0.05) is 4.88 Å². The Balaban J connectivity index is 1.87. The van der Waals surface area contributed by atoms with Gasteiger partial charge in [0.2, 0.25) is 0 Å². The highest BCUT2D eigenvalue weighted by Crippen LogP contribution is 2.28. The standard InChI is InChI=1S/C18H22N2O2S/c1-4-13(2)15-7-5-6-8-16(15)22-12-18(21)20-19-11-17-14(3)9-10-23-17/h5-11,13H,4,12H2,1-3H3,(H,20,21). The van der Waals surface area contributed by atoms with E-state index >= 15 is 0 Å². The fourth-order valence-corrected chi connectivity index (χ4v) is 2.88. The number of thiophene rings is 1. The summed E-state index contributed by atoms with van der Waals surface area (Å²) in [5.41, 5.74) is 4.76. The SMILES string of the molecule is CCC(C)c1ccccc1OCC(=O)NN=Cc1sccc1C. The maximum Gasteiger partial charge on any atom is 0.277 e. The minimum atomic E-state index is -0.269. The number of carbonyl (C=O) groups is 1. The molecule has 4 nitrogen and oxygen atoms in total. The third-order valence-electron chi connectivity index (χ3n) is 3.69. The van der Waals surface area contributed by atoms with E-state index in [9.17, 15) is 4.79 Å². The molecule has 0 fully saturated rings. The Morgan fingerprint density at radius 2 is 2.17 bits per heavy atom. The number of nitrogens with one attached hydrogen (secondary N) is 1. The molecule has 0 aliphatic carbocycles. The quantitative estimate of drug-likeness (QED) is 0.614. The second-order valence-electron chi connectivity index (χ2n) is 5.40. The van der Waals surface area contributed by atoms with Crippen LogP contribution in [0.4, 0.5) is 0 Å². The van der Waals surface area contributed by atoms with Crippen LogP contribution in [-0.4, -0.2) is 18.7 Å². The van der Waals surface area contributed by atoms with Gasteiger partial charge in [0.15, 0.2) is 6.61 Å². The first-order valence-electron chi connectivity index (χ1n) is 7.69. The van der Waals surface area contributed by atoms with Gasteiger partial charge in [-0.15, -0.1) is 11.3 Å². The highest BCUT2D eigenvalue weighted by atomic mass is 32.1. The average Bonchev–Trinajstić information content (AvgIpc) is 2.97. The molecule has 1 amide bonds. The summed E-state index contributed by atoms with van der Waals surface area (Å²) >= 11 is 1.59. The lowest BCUT2D eigenvalue weighted by atomic mass is 9.98. The number of amides is 1. The number of rotatable bonds is 7. The Morgan fingerprint density at radius 3 is 2.87 bits per heavy atom. The van der Waals surface area contributed by atoms with Crippen LogP contribution < -0.4 is 10.2 Å². The summed E-state index contributed by atoms with van der Waals surface area (Å²) < 4.78 is 5.65. The fraction of sp³-hybridized carbons (Fsp3) is 0.333. The van der Waals surface area contributed by atoms with Crippen LogP contribution in [0.25, 0.3) is 0 Å². The molecule has 2 aromatic rings. The van der Waals surface area contributed by atoms with Crippen LogP contribution in [0.2, 0.25) is 0 Å². The molecule has 1 aromatic carbocycles. The lowest BCUT2D eigenvalue weighted by Gasteiger charge is -2.15. The molecule has 1 N–H and O–H groups in total. The second kappa shape index (κ2) is 8.48. The van der Waals surface area contributed by atoms with Crippen molar-refractivity contribution in [1.82, 2.24) is 5.43 Å². The molecule has 23 heavy (non-hydrogen) atoms. The number of nitrogens with zero attached hydrogens (tertiary/aromatic N) is 1. The van der Waals surface area contributed by atoms with Crippen molar-refractivity contribution in [2.75, 3.05) is 6.61 Å². The number of aryl methyl sites for hydroxylation is 1. The van der Waals surface area contributed by atoms with Gasteiger partial charge >= 0.3 is 0 Å². The van der Waals surface area contributed by atoms with Crippen LogP contribution in [0.1, 0.15) is 42.2 Å². The molecule has 0 saturated heterocycles.